The zero-order chi connectivity index (χ0) is 29.4. The van der Waals surface area contributed by atoms with Gasteiger partial charge in [-0.3, -0.25) is 14.4 Å². The van der Waals surface area contributed by atoms with Gasteiger partial charge in [-0.1, -0.05) is 35.3 Å². The Bertz CT molecular complexity index is 1720. The monoisotopic (exact) mass is 604 g/mol. The topological polar surface area (TPSA) is 83.4 Å². The predicted octanol–water partition coefficient (Wildman–Crippen LogP) is 6.35. The third kappa shape index (κ3) is 5.78. The van der Waals surface area contributed by atoms with Crippen LogP contribution in [-0.2, 0) is 17.8 Å². The second-order valence-electron chi connectivity index (χ2n) is 10.7. The van der Waals surface area contributed by atoms with Crippen LogP contribution >= 0.6 is 23.2 Å². The summed E-state index contributed by atoms with van der Waals surface area (Å²) in [5.41, 5.74) is 3.19. The SMILES string of the molecule is O=C(Cc1c(F)cccc1Cl)Nc1cc(C(=O)Nc2ccc(Cl)cc2)ccc1N1CC2CC(C1)c1cccc(=O)n1C2. The number of nitrogens with one attached hydrogen (secondary N) is 2. The molecule has 214 valence electrons. The average molecular weight is 605 g/mol. The van der Waals surface area contributed by atoms with Gasteiger partial charge in [0.2, 0.25) is 5.91 Å². The van der Waals surface area contributed by atoms with Crippen molar-refractivity contribution in [1.82, 2.24) is 4.57 Å². The summed E-state index contributed by atoms with van der Waals surface area (Å²) in [4.78, 5) is 41.1. The number of hydrogen-bond donors (Lipinski definition) is 2. The third-order valence-electron chi connectivity index (χ3n) is 7.85. The molecule has 2 bridgehead atoms. The molecule has 0 saturated carbocycles. The summed E-state index contributed by atoms with van der Waals surface area (Å²) in [5, 5.41) is 6.48. The number of rotatable bonds is 6. The number of amides is 2. The molecule has 2 aliphatic heterocycles. The molecule has 6 rings (SSSR count). The molecule has 2 atom stereocenters. The highest BCUT2D eigenvalue weighted by Gasteiger charge is 2.35. The van der Waals surface area contributed by atoms with Crippen LogP contribution in [0.1, 0.15) is 34.0 Å². The zero-order valence-electron chi connectivity index (χ0n) is 22.4. The highest BCUT2D eigenvalue weighted by Crippen LogP contribution is 2.39. The normalized spacial score (nSPS) is 17.4. The van der Waals surface area contributed by atoms with Crippen LogP contribution in [-0.4, -0.2) is 29.5 Å². The van der Waals surface area contributed by atoms with Crippen molar-refractivity contribution >= 4 is 52.1 Å². The largest absolute Gasteiger partial charge is 0.369 e. The Hall–Kier alpha value is -4.14. The van der Waals surface area contributed by atoms with Gasteiger partial charge < -0.3 is 20.1 Å². The molecular formula is C32H27Cl2FN4O3. The number of fused-ring (bicyclic) bond motifs is 4. The Morgan fingerprint density at radius 2 is 1.69 bits per heavy atom. The van der Waals surface area contributed by atoms with E-state index in [1.165, 1.54) is 18.2 Å². The quantitative estimate of drug-likeness (QED) is 0.268. The van der Waals surface area contributed by atoms with Crippen molar-refractivity contribution in [1.29, 1.82) is 0 Å². The number of pyridine rings is 1. The van der Waals surface area contributed by atoms with Gasteiger partial charge in [0.25, 0.3) is 11.5 Å². The smallest absolute Gasteiger partial charge is 0.255 e. The summed E-state index contributed by atoms with van der Waals surface area (Å²) in [6.07, 6.45) is 0.697. The van der Waals surface area contributed by atoms with Gasteiger partial charge in [0.15, 0.2) is 0 Å². The van der Waals surface area contributed by atoms with E-state index < -0.39 is 11.7 Å². The van der Waals surface area contributed by atoms with Crippen molar-refractivity contribution < 1.29 is 14.0 Å². The minimum atomic E-state index is -0.563. The molecule has 2 unspecified atom stereocenters. The van der Waals surface area contributed by atoms with Crippen molar-refractivity contribution in [3.63, 3.8) is 0 Å². The van der Waals surface area contributed by atoms with Crippen LogP contribution in [0.25, 0.3) is 0 Å². The predicted molar refractivity (Wildman–Crippen MR) is 163 cm³/mol. The van der Waals surface area contributed by atoms with Gasteiger partial charge in [-0.25, -0.2) is 4.39 Å². The Morgan fingerprint density at radius 3 is 2.48 bits per heavy atom. The lowest BCUT2D eigenvalue weighted by Crippen LogP contribution is -2.47. The number of nitrogens with zero attached hydrogens (tertiary/aromatic N) is 2. The van der Waals surface area contributed by atoms with Crippen LogP contribution in [0.15, 0.2) is 83.7 Å². The lowest BCUT2D eigenvalue weighted by Gasteiger charge is -2.44. The van der Waals surface area contributed by atoms with E-state index in [1.54, 1.807) is 48.5 Å². The standard InChI is InChI=1S/C32H27Cl2FN4O3/c33-22-8-10-23(11-9-22)36-32(42)20-7-12-29(27(14-20)37-30(40)15-24-25(34)3-1-4-26(24)35)38-16-19-13-21(18-38)28-5-2-6-31(41)39(28)17-19/h1-12,14,19,21H,13,15-18H2,(H,36,42)(H,37,40). The molecule has 2 aliphatic rings. The molecule has 1 aromatic heterocycles. The number of halogens is 3. The molecule has 1 fully saturated rings. The van der Waals surface area contributed by atoms with Crippen LogP contribution in [0.4, 0.5) is 21.5 Å². The van der Waals surface area contributed by atoms with Crippen molar-refractivity contribution in [2.75, 3.05) is 28.6 Å². The molecule has 0 radical (unpaired) electrons. The van der Waals surface area contributed by atoms with Crippen molar-refractivity contribution in [2.45, 2.75) is 25.3 Å². The minimum absolute atomic E-state index is 0.00598. The molecule has 42 heavy (non-hydrogen) atoms. The highest BCUT2D eigenvalue weighted by molar-refractivity contribution is 6.31. The molecular weight excluding hydrogens is 578 g/mol. The summed E-state index contributed by atoms with van der Waals surface area (Å²) in [5.74, 6) is -1.01. The van der Waals surface area contributed by atoms with Crippen molar-refractivity contribution in [3.05, 3.63) is 122 Å². The number of carbonyl (C=O) groups excluding carboxylic acids is 2. The number of hydrogen-bond acceptors (Lipinski definition) is 4. The molecule has 3 aromatic carbocycles. The number of benzene rings is 3. The fourth-order valence-corrected chi connectivity index (χ4v) is 6.29. The van der Waals surface area contributed by atoms with E-state index in [-0.39, 0.29) is 40.3 Å². The second kappa shape index (κ2) is 11.6. The van der Waals surface area contributed by atoms with Gasteiger partial charge >= 0.3 is 0 Å². The van der Waals surface area contributed by atoms with E-state index in [1.807, 2.05) is 16.7 Å². The molecule has 4 aromatic rings. The van der Waals surface area contributed by atoms with E-state index in [4.69, 9.17) is 23.2 Å². The Kier molecular flexibility index (Phi) is 7.75. The maximum Gasteiger partial charge on any atom is 0.255 e. The van der Waals surface area contributed by atoms with Crippen LogP contribution < -0.4 is 21.1 Å². The van der Waals surface area contributed by atoms with Gasteiger partial charge in [-0.05, 0) is 73.0 Å². The number of piperidine rings is 1. The molecule has 10 heteroatoms. The molecule has 3 heterocycles. The third-order valence-corrected chi connectivity index (χ3v) is 8.46. The van der Waals surface area contributed by atoms with Crippen LogP contribution in [0, 0.1) is 11.7 Å². The van der Waals surface area contributed by atoms with Gasteiger partial charge in [-0.2, -0.15) is 0 Å². The van der Waals surface area contributed by atoms with E-state index in [9.17, 15) is 18.8 Å². The maximum absolute atomic E-state index is 14.4. The summed E-state index contributed by atoms with van der Waals surface area (Å²) >= 11 is 12.1. The number of aromatic nitrogens is 1. The molecule has 7 nitrogen and oxygen atoms in total. The van der Waals surface area contributed by atoms with Gasteiger partial charge in [-0.15, -0.1) is 0 Å². The molecule has 0 spiro atoms. The summed E-state index contributed by atoms with van der Waals surface area (Å²) < 4.78 is 16.3. The first-order chi connectivity index (χ1) is 20.2. The summed E-state index contributed by atoms with van der Waals surface area (Å²) in [6.45, 7) is 1.94. The molecule has 2 N–H and O–H groups in total. The molecule has 1 saturated heterocycles. The first kappa shape index (κ1) is 28.0. The Morgan fingerprint density at radius 1 is 0.905 bits per heavy atom. The Labute approximate surface area is 251 Å². The van der Waals surface area contributed by atoms with Crippen molar-refractivity contribution in [2.24, 2.45) is 5.92 Å². The van der Waals surface area contributed by atoms with Gasteiger partial charge in [0.05, 0.1) is 17.8 Å². The van der Waals surface area contributed by atoms with Crippen molar-refractivity contribution in [3.8, 4) is 0 Å². The van der Waals surface area contributed by atoms with Crippen LogP contribution in [0.2, 0.25) is 10.0 Å². The van der Waals surface area contributed by atoms with E-state index >= 15 is 0 Å². The highest BCUT2D eigenvalue weighted by atomic mass is 35.5. The fraction of sp³-hybridized carbons (Fsp3) is 0.219. The van der Waals surface area contributed by atoms with Crippen LogP contribution in [0.5, 0.6) is 0 Å². The van der Waals surface area contributed by atoms with Gasteiger partial charge in [0.1, 0.15) is 5.82 Å². The molecule has 0 aliphatic carbocycles. The fourth-order valence-electron chi connectivity index (χ4n) is 5.94. The van der Waals surface area contributed by atoms with Crippen LogP contribution in [0.3, 0.4) is 0 Å². The lowest BCUT2D eigenvalue weighted by atomic mass is 9.83. The number of anilines is 3. The van der Waals surface area contributed by atoms with E-state index in [0.29, 0.717) is 41.6 Å². The summed E-state index contributed by atoms with van der Waals surface area (Å²) in [7, 11) is 0. The Balaban J connectivity index is 1.31. The minimum Gasteiger partial charge on any atom is -0.369 e. The number of carbonyl (C=O) groups is 2. The second-order valence-corrected chi connectivity index (χ2v) is 11.6. The average Bonchev–Trinajstić information content (AvgIpc) is 2.97. The zero-order valence-corrected chi connectivity index (χ0v) is 24.0. The maximum atomic E-state index is 14.4. The van der Waals surface area contributed by atoms with E-state index in [2.05, 4.69) is 15.5 Å². The van der Waals surface area contributed by atoms with E-state index in [0.717, 1.165) is 17.8 Å². The lowest BCUT2D eigenvalue weighted by molar-refractivity contribution is -0.115. The first-order valence-corrected chi connectivity index (χ1v) is 14.4. The first-order valence-electron chi connectivity index (χ1n) is 13.6. The van der Waals surface area contributed by atoms with Gasteiger partial charge in [0, 0.05) is 64.2 Å². The summed E-state index contributed by atoms with van der Waals surface area (Å²) in [6, 6.07) is 21.6. The molecule has 2 amide bonds.